The molecule has 0 aliphatic carbocycles. The van der Waals surface area contributed by atoms with E-state index >= 15 is 0 Å². The van der Waals surface area contributed by atoms with E-state index in [9.17, 15) is 5.11 Å². The van der Waals surface area contributed by atoms with Gasteiger partial charge in [0.2, 0.25) is 5.95 Å². The van der Waals surface area contributed by atoms with Gasteiger partial charge >= 0.3 is 0 Å². The predicted octanol–water partition coefficient (Wildman–Crippen LogP) is 4.04. The molecule has 2 N–H and O–H groups in total. The number of likely N-dealkylation sites (tertiary alicyclic amines) is 1. The van der Waals surface area contributed by atoms with E-state index in [1.54, 1.807) is 12.3 Å². The minimum absolute atomic E-state index is 0.102. The maximum absolute atomic E-state index is 9.28. The number of aliphatic hydroxyl groups is 1. The maximum Gasteiger partial charge on any atom is 0.228 e. The van der Waals surface area contributed by atoms with Crippen LogP contribution < -0.4 is 10.2 Å². The molecule has 34 heavy (non-hydrogen) atoms. The Hall–Kier alpha value is -2.26. The van der Waals surface area contributed by atoms with Crippen molar-refractivity contribution < 1.29 is 5.11 Å². The van der Waals surface area contributed by atoms with Gasteiger partial charge in [-0.2, -0.15) is 4.98 Å². The molecule has 2 saturated heterocycles. The van der Waals surface area contributed by atoms with Crippen molar-refractivity contribution in [1.29, 1.82) is 0 Å². The topological polar surface area (TPSA) is 90.3 Å². The number of β-amino-alcohol motifs (C(OH)–C–C–N with tert-alkyl or cyclic N) is 1. The molecule has 2 aliphatic rings. The molecule has 0 amide bonds. The number of halogens is 2. The summed E-state index contributed by atoms with van der Waals surface area (Å²) in [6, 6.07) is 5.40. The molecule has 0 radical (unpaired) electrons. The van der Waals surface area contributed by atoms with E-state index in [0.717, 1.165) is 38.3 Å². The molecule has 10 heteroatoms. The van der Waals surface area contributed by atoms with Crippen LogP contribution in [0.15, 0.2) is 30.7 Å². The third-order valence-electron chi connectivity index (χ3n) is 6.95. The first kappa shape index (κ1) is 23.5. The normalized spacial score (nSPS) is 20.4. The lowest BCUT2D eigenvalue weighted by atomic mass is 9.81. The summed E-state index contributed by atoms with van der Waals surface area (Å²) in [7, 11) is 0. The van der Waals surface area contributed by atoms with Gasteiger partial charge < -0.3 is 20.2 Å². The number of hydrogen-bond acceptors (Lipinski definition) is 8. The Kier molecular flexibility index (Phi) is 7.01. The summed E-state index contributed by atoms with van der Waals surface area (Å²) in [6.45, 7) is 7.07. The molecule has 3 aromatic rings. The molecule has 0 spiro atoms. The van der Waals surface area contributed by atoms with Crippen LogP contribution in [-0.4, -0.2) is 69.3 Å². The van der Waals surface area contributed by atoms with Crippen molar-refractivity contribution in [2.75, 3.05) is 49.5 Å². The fourth-order valence-corrected chi connectivity index (χ4v) is 5.62. The molecule has 2 fully saturated rings. The van der Waals surface area contributed by atoms with Gasteiger partial charge in [-0.1, -0.05) is 29.3 Å². The number of nitrogens with one attached hydrogen (secondary N) is 1. The monoisotopic (exact) mass is 501 g/mol. The minimum atomic E-state index is -0.102. The van der Waals surface area contributed by atoms with Crippen molar-refractivity contribution in [3.05, 3.63) is 46.3 Å². The highest BCUT2D eigenvalue weighted by Gasteiger charge is 2.37. The molecule has 2 atom stereocenters. The van der Waals surface area contributed by atoms with E-state index in [2.05, 4.69) is 25.1 Å². The standard InChI is InChI=1S/C24H29Cl2N7O/c1-15(19-5-4-18(25)9-20(19)26)29-23-22-21(10-27-14-28-22)30-24(31-23)33-12-17(13-33)16-3-2-6-32(11-16)7-8-34/h4-5,9-10,14-17,34H,2-3,6-8,11-13H2,1H3,(H,29,30,31)/t15-,16+/m1/s1. The molecule has 0 bridgehead atoms. The highest BCUT2D eigenvalue weighted by Crippen LogP contribution is 2.35. The third-order valence-corrected chi connectivity index (χ3v) is 7.51. The summed E-state index contributed by atoms with van der Waals surface area (Å²) < 4.78 is 0. The summed E-state index contributed by atoms with van der Waals surface area (Å²) >= 11 is 12.5. The van der Waals surface area contributed by atoms with Gasteiger partial charge in [-0.25, -0.2) is 15.0 Å². The molecule has 2 aliphatic heterocycles. The number of benzene rings is 1. The second kappa shape index (κ2) is 10.2. The van der Waals surface area contributed by atoms with Crippen LogP contribution in [-0.2, 0) is 0 Å². The van der Waals surface area contributed by atoms with Gasteiger partial charge in [-0.3, -0.25) is 0 Å². The third kappa shape index (κ3) is 4.91. The van der Waals surface area contributed by atoms with Gasteiger partial charge in [0.15, 0.2) is 5.82 Å². The highest BCUT2D eigenvalue weighted by molar-refractivity contribution is 6.35. The Bertz CT molecular complexity index is 1160. The smallest absolute Gasteiger partial charge is 0.228 e. The second-order valence-electron chi connectivity index (χ2n) is 9.25. The molecule has 5 rings (SSSR count). The van der Waals surface area contributed by atoms with Crippen molar-refractivity contribution in [3.63, 3.8) is 0 Å². The van der Waals surface area contributed by atoms with Gasteiger partial charge in [-0.15, -0.1) is 0 Å². The molecular formula is C24H29Cl2N7O. The van der Waals surface area contributed by atoms with Crippen LogP contribution in [0.25, 0.3) is 11.0 Å². The number of anilines is 2. The molecule has 0 saturated carbocycles. The van der Waals surface area contributed by atoms with E-state index in [4.69, 9.17) is 33.2 Å². The summed E-state index contributed by atoms with van der Waals surface area (Å²) in [5.74, 6) is 2.63. The molecule has 2 aromatic heterocycles. The quantitative estimate of drug-likeness (QED) is 0.501. The van der Waals surface area contributed by atoms with E-state index < -0.39 is 0 Å². The van der Waals surface area contributed by atoms with E-state index in [0.29, 0.717) is 44.7 Å². The summed E-state index contributed by atoms with van der Waals surface area (Å²) in [6.07, 6.45) is 5.68. The van der Waals surface area contributed by atoms with Gasteiger partial charge in [-0.05, 0) is 55.8 Å². The molecule has 8 nitrogen and oxygen atoms in total. The fraction of sp³-hybridized carbons (Fsp3) is 0.500. The number of nitrogens with zero attached hydrogens (tertiary/aromatic N) is 6. The Labute approximate surface area is 209 Å². The lowest BCUT2D eigenvalue weighted by molar-refractivity contribution is 0.101. The van der Waals surface area contributed by atoms with Crippen molar-refractivity contribution in [2.24, 2.45) is 11.8 Å². The van der Waals surface area contributed by atoms with Gasteiger partial charge in [0, 0.05) is 36.2 Å². The van der Waals surface area contributed by atoms with Crippen LogP contribution in [0.4, 0.5) is 11.8 Å². The van der Waals surface area contributed by atoms with Crippen LogP contribution in [0.5, 0.6) is 0 Å². The van der Waals surface area contributed by atoms with Crippen LogP contribution >= 0.6 is 23.2 Å². The predicted molar refractivity (Wildman–Crippen MR) is 136 cm³/mol. The largest absolute Gasteiger partial charge is 0.395 e. The fourth-order valence-electron chi connectivity index (χ4n) is 5.04. The van der Waals surface area contributed by atoms with E-state index in [1.807, 2.05) is 19.1 Å². The average Bonchev–Trinajstić information content (AvgIpc) is 2.78. The Morgan fingerprint density at radius 1 is 1.18 bits per heavy atom. The van der Waals surface area contributed by atoms with Crippen LogP contribution in [0, 0.1) is 11.8 Å². The zero-order chi connectivity index (χ0) is 23.7. The first-order chi connectivity index (χ1) is 16.5. The number of fused-ring (bicyclic) bond motifs is 1. The molecular weight excluding hydrogens is 473 g/mol. The van der Waals surface area contributed by atoms with Gasteiger partial charge in [0.05, 0.1) is 18.8 Å². The van der Waals surface area contributed by atoms with E-state index in [1.165, 1.54) is 19.2 Å². The minimum Gasteiger partial charge on any atom is -0.395 e. The van der Waals surface area contributed by atoms with E-state index in [-0.39, 0.29) is 12.6 Å². The molecule has 180 valence electrons. The lowest BCUT2D eigenvalue weighted by Crippen LogP contribution is -2.54. The number of aliphatic hydroxyl groups excluding tert-OH is 1. The number of piperidine rings is 1. The summed E-state index contributed by atoms with van der Waals surface area (Å²) in [5.41, 5.74) is 2.32. The second-order valence-corrected chi connectivity index (χ2v) is 10.1. The molecule has 4 heterocycles. The molecule has 0 unspecified atom stereocenters. The van der Waals surface area contributed by atoms with Gasteiger partial charge in [0.1, 0.15) is 17.4 Å². The Morgan fingerprint density at radius 3 is 2.82 bits per heavy atom. The summed E-state index contributed by atoms with van der Waals surface area (Å²) in [5, 5.41) is 14.0. The number of hydrogen-bond donors (Lipinski definition) is 2. The van der Waals surface area contributed by atoms with Crippen LogP contribution in [0.2, 0.25) is 10.0 Å². The van der Waals surface area contributed by atoms with Crippen LogP contribution in [0.3, 0.4) is 0 Å². The average molecular weight is 502 g/mol. The number of rotatable bonds is 7. The van der Waals surface area contributed by atoms with Crippen molar-refractivity contribution in [2.45, 2.75) is 25.8 Å². The SMILES string of the molecule is C[C@@H](Nc1nc(N2CC([C@H]3CCCN(CCO)C3)C2)nc2cncnc12)c1ccc(Cl)cc1Cl. The zero-order valence-electron chi connectivity index (χ0n) is 19.2. The van der Waals surface area contributed by atoms with Crippen molar-refractivity contribution in [3.8, 4) is 0 Å². The van der Waals surface area contributed by atoms with Crippen molar-refractivity contribution in [1.82, 2.24) is 24.8 Å². The first-order valence-electron chi connectivity index (χ1n) is 11.8. The maximum atomic E-state index is 9.28. The van der Waals surface area contributed by atoms with Crippen LogP contribution in [0.1, 0.15) is 31.4 Å². The molecule has 1 aromatic carbocycles. The Balaban J connectivity index is 1.33. The van der Waals surface area contributed by atoms with Gasteiger partial charge in [0.25, 0.3) is 0 Å². The zero-order valence-corrected chi connectivity index (χ0v) is 20.7. The lowest BCUT2D eigenvalue weighted by Gasteiger charge is -2.46. The number of aromatic nitrogens is 4. The first-order valence-corrected chi connectivity index (χ1v) is 12.5. The Morgan fingerprint density at radius 2 is 2.03 bits per heavy atom. The highest BCUT2D eigenvalue weighted by atomic mass is 35.5. The van der Waals surface area contributed by atoms with Crippen molar-refractivity contribution >= 4 is 46.0 Å². The summed E-state index contributed by atoms with van der Waals surface area (Å²) in [4.78, 5) is 22.8.